The fourth-order valence-corrected chi connectivity index (χ4v) is 9.06. The highest BCUT2D eigenvalue weighted by atomic mass is 35.5. The van der Waals surface area contributed by atoms with E-state index in [4.69, 9.17) is 20.8 Å². The van der Waals surface area contributed by atoms with Gasteiger partial charge in [-0.3, -0.25) is 0 Å². The maximum Gasteiger partial charge on any atom is 0.200 e. The average molecular weight is 329 g/mol. The summed E-state index contributed by atoms with van der Waals surface area (Å²) in [5.41, 5.74) is 1.79. The first-order valence-corrected chi connectivity index (χ1v) is 10.4. The van der Waals surface area contributed by atoms with Gasteiger partial charge in [-0.1, -0.05) is 65.3 Å². The van der Waals surface area contributed by atoms with Crippen LogP contribution in [0.2, 0.25) is 21.6 Å². The normalized spacial score (nSPS) is 12.5. The molecule has 0 fully saturated rings. The van der Waals surface area contributed by atoms with Crippen LogP contribution in [-0.4, -0.2) is 21.5 Å². The lowest BCUT2D eigenvalue weighted by atomic mass is 10.3. The second kappa shape index (κ2) is 8.21. The molecule has 0 amide bonds. The standard InChI is InChI=1S/C17H29ClO2Si/c1-13(2)21(14(3)4,15(5)6)20-12-11-19-17-10-8-7-9-16(17)18/h7-10,13-15H,11-12H2,1-6H3. The zero-order chi connectivity index (χ0) is 16.0. The molecule has 120 valence electrons. The monoisotopic (exact) mass is 328 g/mol. The molecular formula is C17H29ClO2Si. The van der Waals surface area contributed by atoms with Crippen molar-refractivity contribution in [3.05, 3.63) is 29.3 Å². The third-order valence-electron chi connectivity index (χ3n) is 4.24. The molecule has 0 aliphatic heterocycles. The molecule has 2 nitrogen and oxygen atoms in total. The number of para-hydroxylation sites is 1. The highest BCUT2D eigenvalue weighted by molar-refractivity contribution is 6.77. The maximum atomic E-state index is 6.45. The summed E-state index contributed by atoms with van der Waals surface area (Å²) in [6.45, 7) is 14.9. The van der Waals surface area contributed by atoms with Crippen molar-refractivity contribution >= 4 is 19.9 Å². The average Bonchev–Trinajstić information content (AvgIpc) is 2.39. The van der Waals surface area contributed by atoms with E-state index in [1.165, 1.54) is 0 Å². The lowest BCUT2D eigenvalue weighted by molar-refractivity contribution is 0.198. The number of benzene rings is 1. The Morgan fingerprint density at radius 2 is 1.43 bits per heavy atom. The number of ether oxygens (including phenoxy) is 1. The lowest BCUT2D eigenvalue weighted by Gasteiger charge is -2.42. The molecule has 0 unspecified atom stereocenters. The predicted octanol–water partition coefficient (Wildman–Crippen LogP) is 5.91. The summed E-state index contributed by atoms with van der Waals surface area (Å²) in [6.07, 6.45) is 0. The molecule has 4 heteroatoms. The van der Waals surface area contributed by atoms with Crippen LogP contribution in [0.1, 0.15) is 41.5 Å². The van der Waals surface area contributed by atoms with Gasteiger partial charge < -0.3 is 9.16 Å². The summed E-state index contributed by atoms with van der Waals surface area (Å²) in [7, 11) is -1.79. The summed E-state index contributed by atoms with van der Waals surface area (Å²) in [5.74, 6) is 0.730. The summed E-state index contributed by atoms with van der Waals surface area (Å²) in [4.78, 5) is 0. The van der Waals surface area contributed by atoms with Crippen LogP contribution >= 0.6 is 11.6 Å². The maximum absolute atomic E-state index is 6.45. The molecule has 0 N–H and O–H groups in total. The van der Waals surface area contributed by atoms with E-state index in [2.05, 4.69) is 41.5 Å². The van der Waals surface area contributed by atoms with Crippen molar-refractivity contribution in [1.29, 1.82) is 0 Å². The smallest absolute Gasteiger partial charge is 0.200 e. The quantitative estimate of drug-likeness (QED) is 0.436. The van der Waals surface area contributed by atoms with Gasteiger partial charge in [-0.25, -0.2) is 0 Å². The molecule has 0 aromatic heterocycles. The van der Waals surface area contributed by atoms with Crippen LogP contribution in [0.5, 0.6) is 5.75 Å². The lowest BCUT2D eigenvalue weighted by Crippen LogP contribution is -2.48. The van der Waals surface area contributed by atoms with Crippen molar-refractivity contribution in [2.75, 3.05) is 13.2 Å². The van der Waals surface area contributed by atoms with Crippen LogP contribution in [-0.2, 0) is 4.43 Å². The van der Waals surface area contributed by atoms with Gasteiger partial charge in [0.05, 0.1) is 11.6 Å². The third-order valence-corrected chi connectivity index (χ3v) is 10.7. The molecule has 0 aliphatic rings. The van der Waals surface area contributed by atoms with Gasteiger partial charge in [0.2, 0.25) is 0 Å². The molecule has 21 heavy (non-hydrogen) atoms. The first-order valence-electron chi connectivity index (χ1n) is 7.83. The van der Waals surface area contributed by atoms with E-state index in [0.717, 1.165) is 5.75 Å². The Kier molecular flexibility index (Phi) is 7.24. The molecule has 0 radical (unpaired) electrons. The van der Waals surface area contributed by atoms with Crippen LogP contribution in [0.3, 0.4) is 0 Å². The molecule has 0 atom stereocenters. The Bertz CT molecular complexity index is 411. The van der Waals surface area contributed by atoms with Crippen molar-refractivity contribution in [3.63, 3.8) is 0 Å². The van der Waals surface area contributed by atoms with Crippen LogP contribution < -0.4 is 4.74 Å². The Morgan fingerprint density at radius 1 is 0.905 bits per heavy atom. The fraction of sp³-hybridized carbons (Fsp3) is 0.647. The number of hydrogen-bond acceptors (Lipinski definition) is 2. The van der Waals surface area contributed by atoms with Crippen molar-refractivity contribution < 1.29 is 9.16 Å². The number of halogens is 1. The molecule has 1 rings (SSSR count). The Hall–Kier alpha value is -0.513. The second-order valence-corrected chi connectivity index (χ2v) is 12.3. The molecule has 0 saturated carbocycles. The largest absolute Gasteiger partial charge is 0.490 e. The first-order chi connectivity index (χ1) is 9.82. The zero-order valence-electron chi connectivity index (χ0n) is 14.2. The minimum Gasteiger partial charge on any atom is -0.490 e. The van der Waals surface area contributed by atoms with Gasteiger partial charge in [-0.05, 0) is 28.8 Å². The van der Waals surface area contributed by atoms with E-state index in [9.17, 15) is 0 Å². The van der Waals surface area contributed by atoms with Crippen LogP contribution in [0.15, 0.2) is 24.3 Å². The van der Waals surface area contributed by atoms with Crippen LogP contribution in [0.25, 0.3) is 0 Å². The van der Waals surface area contributed by atoms with Gasteiger partial charge in [0.25, 0.3) is 0 Å². The van der Waals surface area contributed by atoms with E-state index in [0.29, 0.717) is 34.9 Å². The highest BCUT2D eigenvalue weighted by Gasteiger charge is 2.44. The van der Waals surface area contributed by atoms with Gasteiger partial charge in [0.1, 0.15) is 12.4 Å². The molecule has 0 aliphatic carbocycles. The molecule has 0 bridgehead atoms. The van der Waals surface area contributed by atoms with Gasteiger partial charge >= 0.3 is 0 Å². The molecule has 0 spiro atoms. The minimum atomic E-state index is -1.79. The van der Waals surface area contributed by atoms with Crippen LogP contribution in [0.4, 0.5) is 0 Å². The van der Waals surface area contributed by atoms with Gasteiger partial charge in [-0.2, -0.15) is 0 Å². The topological polar surface area (TPSA) is 18.5 Å². The Labute approximate surface area is 135 Å². The SMILES string of the molecule is CC(C)[Si](OCCOc1ccccc1Cl)(C(C)C)C(C)C. The molecule has 1 aromatic carbocycles. The molecular weight excluding hydrogens is 300 g/mol. The minimum absolute atomic E-state index is 0.546. The van der Waals surface area contributed by atoms with Gasteiger partial charge in [0, 0.05) is 0 Å². The molecule has 0 saturated heterocycles. The molecule has 1 aromatic rings. The van der Waals surface area contributed by atoms with Gasteiger partial charge in [0.15, 0.2) is 8.32 Å². The predicted molar refractivity (Wildman–Crippen MR) is 93.9 cm³/mol. The summed E-state index contributed by atoms with van der Waals surface area (Å²) in [5, 5.41) is 0.651. The van der Waals surface area contributed by atoms with Gasteiger partial charge in [-0.15, -0.1) is 0 Å². The van der Waals surface area contributed by atoms with Crippen molar-refractivity contribution in [2.24, 2.45) is 0 Å². The van der Waals surface area contributed by atoms with Crippen molar-refractivity contribution in [3.8, 4) is 5.75 Å². The number of rotatable bonds is 8. The molecule has 0 heterocycles. The zero-order valence-corrected chi connectivity index (χ0v) is 15.9. The van der Waals surface area contributed by atoms with E-state index >= 15 is 0 Å². The summed E-state index contributed by atoms with van der Waals surface area (Å²) in [6, 6.07) is 7.56. The Balaban J connectivity index is 2.61. The van der Waals surface area contributed by atoms with E-state index in [1.54, 1.807) is 0 Å². The number of hydrogen-bond donors (Lipinski definition) is 0. The summed E-state index contributed by atoms with van der Waals surface area (Å²) >= 11 is 6.09. The first kappa shape index (κ1) is 18.5. The van der Waals surface area contributed by atoms with E-state index in [1.807, 2.05) is 24.3 Å². The van der Waals surface area contributed by atoms with Crippen LogP contribution in [0, 0.1) is 0 Å². The van der Waals surface area contributed by atoms with Crippen molar-refractivity contribution in [1.82, 2.24) is 0 Å². The highest BCUT2D eigenvalue weighted by Crippen LogP contribution is 2.42. The third kappa shape index (κ3) is 4.48. The summed E-state index contributed by atoms with van der Waals surface area (Å²) < 4.78 is 12.2. The fourth-order valence-electron chi connectivity index (χ4n) is 3.43. The Morgan fingerprint density at radius 3 is 1.90 bits per heavy atom. The second-order valence-electron chi connectivity index (χ2n) is 6.45. The van der Waals surface area contributed by atoms with E-state index < -0.39 is 8.32 Å². The van der Waals surface area contributed by atoms with E-state index in [-0.39, 0.29) is 0 Å². The van der Waals surface area contributed by atoms with Crippen molar-refractivity contribution in [2.45, 2.75) is 58.2 Å².